The molecule has 0 spiro atoms. The minimum absolute atomic E-state index is 0.111. The van der Waals surface area contributed by atoms with Crippen LogP contribution in [-0.4, -0.2) is 41.0 Å². The molecule has 0 saturated heterocycles. The average molecular weight is 450 g/mol. The van der Waals surface area contributed by atoms with E-state index in [4.69, 9.17) is 9.68 Å². The van der Waals surface area contributed by atoms with Crippen LogP contribution in [0.3, 0.4) is 0 Å². The van der Waals surface area contributed by atoms with E-state index in [0.29, 0.717) is 17.7 Å². The molecule has 0 N–H and O–H groups in total. The first-order valence-electron chi connectivity index (χ1n) is 10.7. The van der Waals surface area contributed by atoms with Gasteiger partial charge in [0.1, 0.15) is 0 Å². The summed E-state index contributed by atoms with van der Waals surface area (Å²) in [6.45, 7) is 8.27. The Morgan fingerprint density at radius 1 is 1.06 bits per heavy atom. The highest BCUT2D eigenvalue weighted by molar-refractivity contribution is 8.00. The first-order valence-corrected chi connectivity index (χ1v) is 11.5. The van der Waals surface area contributed by atoms with Crippen molar-refractivity contribution in [3.05, 3.63) is 54.6 Å². The summed E-state index contributed by atoms with van der Waals surface area (Å²) in [5, 5.41) is 17.1. The van der Waals surface area contributed by atoms with E-state index in [-0.39, 0.29) is 12.3 Å². The molecule has 1 amide bonds. The van der Waals surface area contributed by atoms with E-state index < -0.39 is 5.25 Å². The summed E-state index contributed by atoms with van der Waals surface area (Å²) in [5.74, 6) is 0.308. The maximum absolute atomic E-state index is 13.1. The van der Waals surface area contributed by atoms with Gasteiger partial charge in [-0.25, -0.2) is 0 Å². The predicted molar refractivity (Wildman–Crippen MR) is 128 cm³/mol. The fraction of sp³-hybridized carbons (Fsp3) is 0.333. The SMILES string of the molecule is CCN(CC)c1ccc(-c2nnc(SC(C)C(=O)N(CCC#N)c3ccccc3)o2)cc1. The first kappa shape index (κ1) is 23.4. The van der Waals surface area contributed by atoms with Gasteiger partial charge in [-0.3, -0.25) is 4.79 Å². The van der Waals surface area contributed by atoms with E-state index in [0.717, 1.165) is 30.0 Å². The molecule has 0 fully saturated rings. The number of carbonyl (C=O) groups excluding carboxylic acids is 1. The number of amides is 1. The van der Waals surface area contributed by atoms with Gasteiger partial charge in [0.25, 0.3) is 5.22 Å². The summed E-state index contributed by atoms with van der Waals surface area (Å²) in [5.41, 5.74) is 2.74. The van der Waals surface area contributed by atoms with Crippen LogP contribution in [0.4, 0.5) is 11.4 Å². The van der Waals surface area contributed by atoms with Gasteiger partial charge in [0.15, 0.2) is 0 Å². The topological polar surface area (TPSA) is 86.3 Å². The number of nitriles is 1. The van der Waals surface area contributed by atoms with Gasteiger partial charge in [-0.15, -0.1) is 10.2 Å². The van der Waals surface area contributed by atoms with Crippen molar-refractivity contribution >= 4 is 29.0 Å². The Labute approximate surface area is 193 Å². The van der Waals surface area contributed by atoms with Crippen LogP contribution in [0.2, 0.25) is 0 Å². The molecule has 1 atom stereocenters. The number of benzene rings is 2. The van der Waals surface area contributed by atoms with Gasteiger partial charge in [0, 0.05) is 36.6 Å². The lowest BCUT2D eigenvalue weighted by Crippen LogP contribution is -2.37. The summed E-state index contributed by atoms with van der Waals surface area (Å²) in [7, 11) is 0. The lowest BCUT2D eigenvalue weighted by molar-refractivity contribution is -0.117. The molecule has 1 heterocycles. The van der Waals surface area contributed by atoms with Crippen LogP contribution < -0.4 is 9.80 Å². The molecule has 0 aliphatic rings. The minimum atomic E-state index is -0.452. The number of rotatable bonds is 10. The number of hydrogen-bond donors (Lipinski definition) is 0. The van der Waals surface area contributed by atoms with Crippen LogP contribution in [0.1, 0.15) is 27.2 Å². The second-order valence-electron chi connectivity index (χ2n) is 7.09. The highest BCUT2D eigenvalue weighted by atomic mass is 32.2. The molecule has 0 bridgehead atoms. The van der Waals surface area contributed by atoms with E-state index >= 15 is 0 Å². The Morgan fingerprint density at radius 2 is 1.75 bits per heavy atom. The third-order valence-corrected chi connectivity index (χ3v) is 5.98. The van der Waals surface area contributed by atoms with Crippen LogP contribution in [0.15, 0.2) is 64.2 Å². The smallest absolute Gasteiger partial charge is 0.277 e. The average Bonchev–Trinajstić information content (AvgIpc) is 3.29. The number of para-hydroxylation sites is 1. The molecular formula is C24H27N5O2S. The van der Waals surface area contributed by atoms with Crippen molar-refractivity contribution in [3.8, 4) is 17.5 Å². The maximum atomic E-state index is 13.1. The summed E-state index contributed by atoms with van der Waals surface area (Å²) in [4.78, 5) is 17.0. The Bertz CT molecular complexity index is 1040. The molecule has 1 unspecified atom stereocenters. The zero-order valence-corrected chi connectivity index (χ0v) is 19.4. The van der Waals surface area contributed by atoms with Gasteiger partial charge in [-0.2, -0.15) is 5.26 Å². The molecule has 32 heavy (non-hydrogen) atoms. The van der Waals surface area contributed by atoms with Crippen molar-refractivity contribution in [3.63, 3.8) is 0 Å². The molecule has 8 heteroatoms. The quantitative estimate of drug-likeness (QED) is 0.402. The molecule has 0 aliphatic heterocycles. The molecule has 1 aromatic heterocycles. The van der Waals surface area contributed by atoms with Gasteiger partial charge < -0.3 is 14.2 Å². The zero-order valence-electron chi connectivity index (χ0n) is 18.6. The van der Waals surface area contributed by atoms with E-state index in [2.05, 4.69) is 35.0 Å². The summed E-state index contributed by atoms with van der Waals surface area (Å²) in [6.07, 6.45) is 0.256. The monoisotopic (exact) mass is 449 g/mol. The van der Waals surface area contributed by atoms with E-state index in [9.17, 15) is 4.79 Å². The summed E-state index contributed by atoms with van der Waals surface area (Å²) >= 11 is 1.22. The minimum Gasteiger partial charge on any atom is -0.411 e. The van der Waals surface area contributed by atoms with Crippen molar-refractivity contribution in [2.75, 3.05) is 29.4 Å². The number of carbonyl (C=O) groups is 1. The first-order chi connectivity index (χ1) is 15.6. The lowest BCUT2D eigenvalue weighted by Gasteiger charge is -2.24. The number of hydrogen-bond acceptors (Lipinski definition) is 7. The molecular weight excluding hydrogens is 422 g/mol. The van der Waals surface area contributed by atoms with Crippen LogP contribution >= 0.6 is 11.8 Å². The number of thioether (sulfide) groups is 1. The summed E-state index contributed by atoms with van der Waals surface area (Å²) < 4.78 is 5.81. The van der Waals surface area contributed by atoms with Gasteiger partial charge in [0.2, 0.25) is 11.8 Å². The molecule has 166 valence electrons. The third kappa shape index (κ3) is 5.68. The summed E-state index contributed by atoms with van der Waals surface area (Å²) in [6, 6.07) is 19.5. The second kappa shape index (κ2) is 11.3. The predicted octanol–water partition coefficient (Wildman–Crippen LogP) is 5.01. The highest BCUT2D eigenvalue weighted by Crippen LogP contribution is 2.29. The van der Waals surface area contributed by atoms with Gasteiger partial charge in [-0.05, 0) is 57.2 Å². The molecule has 7 nitrogen and oxygen atoms in total. The van der Waals surface area contributed by atoms with Crippen LogP contribution in [0, 0.1) is 11.3 Å². The van der Waals surface area contributed by atoms with Crippen LogP contribution in [0.25, 0.3) is 11.5 Å². The molecule has 0 aliphatic carbocycles. The standard InChI is InChI=1S/C24H27N5O2S/c1-4-28(5-2)20-14-12-19(13-15-20)22-26-27-24(31-22)32-18(3)23(30)29(17-9-16-25)21-10-7-6-8-11-21/h6-8,10-15,18H,4-5,9,17H2,1-3H3. The van der Waals surface area contributed by atoms with Crippen molar-refractivity contribution in [1.82, 2.24) is 10.2 Å². The Morgan fingerprint density at radius 3 is 2.38 bits per heavy atom. The molecule has 0 radical (unpaired) electrons. The highest BCUT2D eigenvalue weighted by Gasteiger charge is 2.25. The Hall–Kier alpha value is -3.31. The zero-order chi connectivity index (χ0) is 22.9. The molecule has 0 saturated carbocycles. The third-order valence-electron chi connectivity index (χ3n) is 5.06. The molecule has 2 aromatic carbocycles. The van der Waals surface area contributed by atoms with Crippen molar-refractivity contribution in [2.45, 2.75) is 37.7 Å². The fourth-order valence-corrected chi connectivity index (χ4v) is 4.08. The van der Waals surface area contributed by atoms with Gasteiger partial charge in [-0.1, -0.05) is 30.0 Å². The van der Waals surface area contributed by atoms with E-state index in [1.807, 2.05) is 54.6 Å². The molecule has 3 aromatic rings. The molecule has 3 rings (SSSR count). The van der Waals surface area contributed by atoms with Gasteiger partial charge >= 0.3 is 0 Å². The van der Waals surface area contributed by atoms with Crippen molar-refractivity contribution in [1.29, 1.82) is 5.26 Å². The number of nitrogens with zero attached hydrogens (tertiary/aromatic N) is 5. The largest absolute Gasteiger partial charge is 0.411 e. The van der Waals surface area contributed by atoms with Crippen molar-refractivity contribution < 1.29 is 9.21 Å². The Balaban J connectivity index is 1.70. The number of anilines is 2. The van der Waals surface area contributed by atoms with E-state index in [1.165, 1.54) is 11.8 Å². The van der Waals surface area contributed by atoms with Gasteiger partial charge in [0.05, 0.1) is 17.7 Å². The van der Waals surface area contributed by atoms with Crippen LogP contribution in [-0.2, 0) is 4.79 Å². The Kier molecular flexibility index (Phi) is 8.28. The second-order valence-corrected chi connectivity index (χ2v) is 8.38. The lowest BCUT2D eigenvalue weighted by atomic mass is 10.2. The number of aromatic nitrogens is 2. The van der Waals surface area contributed by atoms with Crippen molar-refractivity contribution in [2.24, 2.45) is 0 Å². The van der Waals surface area contributed by atoms with Crippen LogP contribution in [0.5, 0.6) is 0 Å². The normalized spacial score (nSPS) is 11.6. The maximum Gasteiger partial charge on any atom is 0.277 e. The van der Waals surface area contributed by atoms with E-state index in [1.54, 1.807) is 11.8 Å². The fourth-order valence-electron chi connectivity index (χ4n) is 3.33.